The zero-order valence-corrected chi connectivity index (χ0v) is 8.95. The Bertz CT molecular complexity index is 286. The number of anilines is 1. The van der Waals surface area contributed by atoms with Crippen molar-refractivity contribution in [2.45, 2.75) is 18.9 Å². The molecular formula is C11H18N4. The molecule has 2 rings (SSSR count). The second kappa shape index (κ2) is 4.98. The van der Waals surface area contributed by atoms with Crippen LogP contribution < -0.4 is 5.32 Å². The summed E-state index contributed by atoms with van der Waals surface area (Å²) in [5.74, 6) is 0.886. The summed E-state index contributed by atoms with van der Waals surface area (Å²) in [7, 11) is 0. The molecule has 0 amide bonds. The molecule has 82 valence electrons. The first kappa shape index (κ1) is 10.2. The van der Waals surface area contributed by atoms with E-state index >= 15 is 0 Å². The lowest BCUT2D eigenvalue weighted by Crippen LogP contribution is -2.39. The topological polar surface area (TPSA) is 44.0 Å². The Morgan fingerprint density at radius 1 is 1.60 bits per heavy atom. The molecule has 1 aromatic rings. The summed E-state index contributed by atoms with van der Waals surface area (Å²) >= 11 is 0. The standard InChI is InChI=1S/C11H18N4/c1-2-7-15-8-3-10(4-9-15)14-11-12-5-6-13-11/h2,5-6,10H,1,3-4,7-9H2,(H2,12,13,14). The quantitative estimate of drug-likeness (QED) is 0.733. The van der Waals surface area contributed by atoms with Crippen LogP contribution in [0, 0.1) is 0 Å². The van der Waals surface area contributed by atoms with Gasteiger partial charge < -0.3 is 10.3 Å². The van der Waals surface area contributed by atoms with Gasteiger partial charge in [-0.3, -0.25) is 4.90 Å². The third-order valence-corrected chi connectivity index (χ3v) is 2.81. The minimum atomic E-state index is 0.553. The van der Waals surface area contributed by atoms with Gasteiger partial charge in [-0.2, -0.15) is 0 Å². The van der Waals surface area contributed by atoms with E-state index in [-0.39, 0.29) is 0 Å². The maximum atomic E-state index is 4.17. The Hall–Kier alpha value is -1.29. The van der Waals surface area contributed by atoms with Gasteiger partial charge in [-0.1, -0.05) is 6.08 Å². The van der Waals surface area contributed by atoms with Crippen LogP contribution in [0.1, 0.15) is 12.8 Å². The van der Waals surface area contributed by atoms with Crippen LogP contribution in [0.15, 0.2) is 25.0 Å². The van der Waals surface area contributed by atoms with Crippen LogP contribution in [0.25, 0.3) is 0 Å². The lowest BCUT2D eigenvalue weighted by molar-refractivity contribution is 0.240. The molecule has 0 bridgehead atoms. The third kappa shape index (κ3) is 2.83. The highest BCUT2D eigenvalue weighted by Crippen LogP contribution is 2.13. The van der Waals surface area contributed by atoms with Crippen LogP contribution in [0.3, 0.4) is 0 Å². The lowest BCUT2D eigenvalue weighted by atomic mass is 10.1. The highest BCUT2D eigenvalue weighted by molar-refractivity contribution is 5.24. The molecule has 1 aliphatic rings. The van der Waals surface area contributed by atoms with E-state index in [1.165, 1.54) is 12.8 Å². The molecule has 4 heteroatoms. The number of H-pyrrole nitrogens is 1. The minimum absolute atomic E-state index is 0.553. The van der Waals surface area contributed by atoms with E-state index in [2.05, 4.69) is 26.8 Å². The fraction of sp³-hybridized carbons (Fsp3) is 0.545. The smallest absolute Gasteiger partial charge is 0.200 e. The summed E-state index contributed by atoms with van der Waals surface area (Å²) in [6.07, 6.45) is 7.94. The Balaban J connectivity index is 1.76. The predicted molar refractivity (Wildman–Crippen MR) is 61.9 cm³/mol. The van der Waals surface area contributed by atoms with E-state index < -0.39 is 0 Å². The van der Waals surface area contributed by atoms with Gasteiger partial charge in [-0.25, -0.2) is 4.98 Å². The number of nitrogens with one attached hydrogen (secondary N) is 2. The van der Waals surface area contributed by atoms with Crippen LogP contribution in [-0.2, 0) is 0 Å². The summed E-state index contributed by atoms with van der Waals surface area (Å²) in [4.78, 5) is 9.66. The summed E-state index contributed by atoms with van der Waals surface area (Å²) in [6.45, 7) is 7.06. The largest absolute Gasteiger partial charge is 0.353 e. The van der Waals surface area contributed by atoms with Gasteiger partial charge >= 0.3 is 0 Å². The highest BCUT2D eigenvalue weighted by atomic mass is 15.2. The first-order valence-corrected chi connectivity index (χ1v) is 5.47. The van der Waals surface area contributed by atoms with Crippen LogP contribution in [0.5, 0.6) is 0 Å². The molecule has 0 aliphatic carbocycles. The van der Waals surface area contributed by atoms with Crippen molar-refractivity contribution in [3.63, 3.8) is 0 Å². The number of nitrogens with zero attached hydrogens (tertiary/aromatic N) is 2. The van der Waals surface area contributed by atoms with Crippen LogP contribution in [-0.4, -0.2) is 40.5 Å². The number of piperidine rings is 1. The minimum Gasteiger partial charge on any atom is -0.353 e. The van der Waals surface area contributed by atoms with Crippen molar-refractivity contribution in [3.8, 4) is 0 Å². The van der Waals surface area contributed by atoms with Crippen LogP contribution >= 0.6 is 0 Å². The average Bonchev–Trinajstić information content (AvgIpc) is 2.74. The zero-order chi connectivity index (χ0) is 10.5. The predicted octanol–water partition coefficient (Wildman–Crippen LogP) is 1.47. The Labute approximate surface area is 90.4 Å². The lowest BCUT2D eigenvalue weighted by Gasteiger charge is -2.31. The zero-order valence-electron chi connectivity index (χ0n) is 8.95. The van der Waals surface area contributed by atoms with Crippen molar-refractivity contribution >= 4 is 5.95 Å². The molecule has 0 aromatic carbocycles. The second-order valence-electron chi connectivity index (χ2n) is 3.95. The Morgan fingerprint density at radius 3 is 3.00 bits per heavy atom. The molecule has 0 unspecified atom stereocenters. The fourth-order valence-electron chi connectivity index (χ4n) is 1.98. The van der Waals surface area contributed by atoms with Gasteiger partial charge in [-0.15, -0.1) is 6.58 Å². The average molecular weight is 206 g/mol. The molecule has 4 nitrogen and oxygen atoms in total. The molecule has 0 saturated carbocycles. The molecule has 1 aliphatic heterocycles. The molecule has 0 radical (unpaired) electrons. The molecule has 1 aromatic heterocycles. The first-order chi connectivity index (χ1) is 7.38. The molecule has 2 N–H and O–H groups in total. The van der Waals surface area contributed by atoms with Gasteiger partial charge in [0.15, 0.2) is 5.95 Å². The number of aromatic amines is 1. The normalized spacial score (nSPS) is 18.9. The van der Waals surface area contributed by atoms with Gasteiger partial charge in [0.2, 0.25) is 0 Å². The fourth-order valence-corrected chi connectivity index (χ4v) is 1.98. The molecule has 2 heterocycles. The summed E-state index contributed by atoms with van der Waals surface area (Å²) in [6, 6.07) is 0.553. The van der Waals surface area contributed by atoms with E-state index in [0.717, 1.165) is 25.6 Å². The molecule has 0 atom stereocenters. The van der Waals surface area contributed by atoms with E-state index in [0.29, 0.717) is 6.04 Å². The van der Waals surface area contributed by atoms with Gasteiger partial charge in [0.05, 0.1) is 0 Å². The van der Waals surface area contributed by atoms with Gasteiger partial charge in [0.1, 0.15) is 0 Å². The number of likely N-dealkylation sites (tertiary alicyclic amines) is 1. The van der Waals surface area contributed by atoms with Crippen molar-refractivity contribution in [1.29, 1.82) is 0 Å². The molecule has 1 saturated heterocycles. The molecule has 15 heavy (non-hydrogen) atoms. The monoisotopic (exact) mass is 206 g/mol. The van der Waals surface area contributed by atoms with Crippen LogP contribution in [0.4, 0.5) is 5.95 Å². The number of hydrogen-bond donors (Lipinski definition) is 2. The Kier molecular flexibility index (Phi) is 3.40. The van der Waals surface area contributed by atoms with Crippen molar-refractivity contribution < 1.29 is 0 Å². The van der Waals surface area contributed by atoms with Crippen molar-refractivity contribution in [3.05, 3.63) is 25.0 Å². The van der Waals surface area contributed by atoms with Gasteiger partial charge in [0, 0.05) is 38.1 Å². The Morgan fingerprint density at radius 2 is 2.40 bits per heavy atom. The summed E-state index contributed by atoms with van der Waals surface area (Å²) in [5.41, 5.74) is 0. The van der Waals surface area contributed by atoms with Gasteiger partial charge in [0.25, 0.3) is 0 Å². The van der Waals surface area contributed by atoms with E-state index in [9.17, 15) is 0 Å². The molecular weight excluding hydrogens is 188 g/mol. The number of imidazole rings is 1. The second-order valence-corrected chi connectivity index (χ2v) is 3.95. The number of rotatable bonds is 4. The molecule has 1 fully saturated rings. The number of hydrogen-bond acceptors (Lipinski definition) is 3. The maximum absolute atomic E-state index is 4.17. The highest BCUT2D eigenvalue weighted by Gasteiger charge is 2.18. The van der Waals surface area contributed by atoms with E-state index in [4.69, 9.17) is 0 Å². The van der Waals surface area contributed by atoms with Gasteiger partial charge in [-0.05, 0) is 12.8 Å². The SMILES string of the molecule is C=CCN1CCC(Nc2ncc[nH]2)CC1. The summed E-state index contributed by atoms with van der Waals surface area (Å²) in [5, 5.41) is 3.40. The third-order valence-electron chi connectivity index (χ3n) is 2.81. The van der Waals surface area contributed by atoms with Crippen molar-refractivity contribution in [2.75, 3.05) is 25.0 Å². The number of aromatic nitrogens is 2. The van der Waals surface area contributed by atoms with Crippen LogP contribution in [0.2, 0.25) is 0 Å². The van der Waals surface area contributed by atoms with Crippen molar-refractivity contribution in [1.82, 2.24) is 14.9 Å². The summed E-state index contributed by atoms with van der Waals surface area (Å²) < 4.78 is 0. The molecule has 0 spiro atoms. The first-order valence-electron chi connectivity index (χ1n) is 5.47. The van der Waals surface area contributed by atoms with E-state index in [1.54, 1.807) is 6.20 Å². The van der Waals surface area contributed by atoms with E-state index in [1.807, 2.05) is 12.3 Å². The maximum Gasteiger partial charge on any atom is 0.200 e. The van der Waals surface area contributed by atoms with Crippen molar-refractivity contribution in [2.24, 2.45) is 0 Å².